The summed E-state index contributed by atoms with van der Waals surface area (Å²) in [6.45, 7) is 3.46. The molecule has 1 fully saturated rings. The van der Waals surface area contributed by atoms with E-state index in [9.17, 15) is 40.5 Å². The van der Waals surface area contributed by atoms with Crippen LogP contribution in [0.3, 0.4) is 0 Å². The summed E-state index contributed by atoms with van der Waals surface area (Å²) in [5.41, 5.74) is 0. The molecule has 8 N–H and O–H groups in total. The van der Waals surface area contributed by atoms with E-state index in [4.69, 9.17) is 9.47 Å². The monoisotopic (exact) mass is 1010 g/mol. The van der Waals surface area contributed by atoms with Crippen LogP contribution in [0.1, 0.15) is 271 Å². The van der Waals surface area contributed by atoms with Gasteiger partial charge in [0.15, 0.2) is 6.29 Å². The summed E-state index contributed by atoms with van der Waals surface area (Å²) in [5.74, 6) is -0.709. The third kappa shape index (κ3) is 37.7. The molecule has 1 amide bonds. The lowest BCUT2D eigenvalue weighted by Gasteiger charge is -2.40. The number of amides is 1. The van der Waals surface area contributed by atoms with Crippen LogP contribution in [0.25, 0.3) is 0 Å². The van der Waals surface area contributed by atoms with E-state index in [1.54, 1.807) is 0 Å². The molecule has 9 unspecified atom stereocenters. The SMILES string of the molecule is CCCCCCCCCCC/C=C\C/C=C\CCCCCCCCCCC(O)C(=O)NC(COC1OC(CO)C(O)C(O)C1O)C(O)C(O)CCC/C=C/CCCCCCCCCCCCCCCCC. The Morgan fingerprint density at radius 3 is 1.30 bits per heavy atom. The summed E-state index contributed by atoms with van der Waals surface area (Å²) in [7, 11) is 0. The smallest absolute Gasteiger partial charge is 0.249 e. The quantitative estimate of drug-likeness (QED) is 0.0215. The summed E-state index contributed by atoms with van der Waals surface area (Å²) < 4.78 is 11.1. The molecule has 0 aromatic heterocycles. The summed E-state index contributed by atoms with van der Waals surface area (Å²) in [6, 6.07) is -1.19. The summed E-state index contributed by atoms with van der Waals surface area (Å²) in [4.78, 5) is 13.2. The van der Waals surface area contributed by atoms with Gasteiger partial charge in [0, 0.05) is 0 Å². The van der Waals surface area contributed by atoms with Crippen molar-refractivity contribution in [1.29, 1.82) is 0 Å². The highest BCUT2D eigenvalue weighted by Gasteiger charge is 2.44. The maximum Gasteiger partial charge on any atom is 0.249 e. The Bertz CT molecular complexity index is 1250. The highest BCUT2D eigenvalue weighted by atomic mass is 16.7. The fraction of sp³-hybridized carbons (Fsp3) is 0.883. The second kappa shape index (κ2) is 49.2. The van der Waals surface area contributed by atoms with Crippen molar-refractivity contribution in [3.8, 4) is 0 Å². The minimum atomic E-state index is -1.67. The highest BCUT2D eigenvalue weighted by molar-refractivity contribution is 5.80. The number of rotatable bonds is 51. The van der Waals surface area contributed by atoms with Crippen molar-refractivity contribution in [3.63, 3.8) is 0 Å². The van der Waals surface area contributed by atoms with Gasteiger partial charge in [-0.1, -0.05) is 237 Å². The van der Waals surface area contributed by atoms with E-state index in [0.29, 0.717) is 12.8 Å². The molecule has 9 atom stereocenters. The Balaban J connectivity index is 2.32. The molecule has 0 aromatic rings. The first-order valence-corrected chi connectivity index (χ1v) is 29.9. The van der Waals surface area contributed by atoms with E-state index in [0.717, 1.165) is 51.4 Å². The van der Waals surface area contributed by atoms with Gasteiger partial charge in [0.1, 0.15) is 36.6 Å². The Kier molecular flexibility index (Phi) is 46.7. The number of carbonyl (C=O) groups is 1. The number of unbranched alkanes of at least 4 members (excludes halogenated alkanes) is 33. The summed E-state index contributed by atoms with van der Waals surface area (Å²) in [6.07, 6.45) is 49.1. The average molecular weight is 1010 g/mol. The molecule has 1 aliphatic heterocycles. The third-order valence-electron chi connectivity index (χ3n) is 14.4. The van der Waals surface area contributed by atoms with Gasteiger partial charge in [-0.25, -0.2) is 0 Å². The first-order chi connectivity index (χ1) is 34.7. The maximum atomic E-state index is 13.2. The van der Waals surface area contributed by atoms with E-state index >= 15 is 0 Å². The zero-order chi connectivity index (χ0) is 51.8. The molecule has 0 radical (unpaired) electrons. The van der Waals surface area contributed by atoms with E-state index in [-0.39, 0.29) is 12.8 Å². The van der Waals surface area contributed by atoms with Gasteiger partial charge in [0.05, 0.1) is 25.4 Å². The van der Waals surface area contributed by atoms with Crippen LogP contribution >= 0.6 is 0 Å². The van der Waals surface area contributed by atoms with Crippen LogP contribution in [0, 0.1) is 0 Å². The van der Waals surface area contributed by atoms with Crippen molar-refractivity contribution in [1.82, 2.24) is 5.32 Å². The third-order valence-corrected chi connectivity index (χ3v) is 14.4. The van der Waals surface area contributed by atoms with Crippen LogP contribution in [0.2, 0.25) is 0 Å². The van der Waals surface area contributed by atoms with Gasteiger partial charge >= 0.3 is 0 Å². The van der Waals surface area contributed by atoms with Gasteiger partial charge in [-0.3, -0.25) is 4.79 Å². The Morgan fingerprint density at radius 1 is 0.493 bits per heavy atom. The number of ether oxygens (including phenoxy) is 2. The Hall–Kier alpha value is -1.67. The molecule has 0 bridgehead atoms. The van der Waals surface area contributed by atoms with Crippen molar-refractivity contribution in [2.75, 3.05) is 13.2 Å². The first-order valence-electron chi connectivity index (χ1n) is 29.9. The van der Waals surface area contributed by atoms with Gasteiger partial charge in [-0.15, -0.1) is 0 Å². The van der Waals surface area contributed by atoms with E-state index in [1.807, 2.05) is 0 Å². The molecule has 0 aromatic carbocycles. The lowest BCUT2D eigenvalue weighted by atomic mass is 9.98. The zero-order valence-corrected chi connectivity index (χ0v) is 45.7. The molecule has 1 rings (SSSR count). The molecule has 0 spiro atoms. The molecule has 0 saturated carbocycles. The number of hydrogen-bond acceptors (Lipinski definition) is 10. The minimum Gasteiger partial charge on any atom is -0.394 e. The van der Waals surface area contributed by atoms with Gasteiger partial charge in [-0.05, 0) is 70.6 Å². The molecule has 71 heavy (non-hydrogen) atoms. The number of nitrogens with one attached hydrogen (secondary N) is 1. The molecular formula is C60H113NO10. The fourth-order valence-corrected chi connectivity index (χ4v) is 9.53. The van der Waals surface area contributed by atoms with Crippen LogP contribution < -0.4 is 5.32 Å². The van der Waals surface area contributed by atoms with Crippen LogP contribution in [-0.4, -0.2) is 110 Å². The standard InChI is InChI=1S/C60H113NO10/c1-3-5-7-9-11-13-15-17-19-21-23-25-26-27-28-30-32-34-36-38-40-42-44-46-48-53(64)59(69)61-51(50-70-60-58(68)57(67)56(66)54(49-62)71-60)55(65)52(63)47-45-43-41-39-37-35-33-31-29-24-22-20-18-16-14-12-10-8-6-4-2/h23,25,27-28,39,41,51-58,60,62-68H,3-22,24,26,29-38,40,42-50H2,1-2H3,(H,61,69)/b25-23-,28-27-,41-39+. The minimum absolute atomic E-state index is 0.247. The normalized spacial score (nSPS) is 20.4. The van der Waals surface area contributed by atoms with Gasteiger partial charge < -0.3 is 50.5 Å². The molecule has 1 heterocycles. The van der Waals surface area contributed by atoms with Crippen LogP contribution in [0.4, 0.5) is 0 Å². The number of aliphatic hydroxyl groups excluding tert-OH is 7. The van der Waals surface area contributed by atoms with Crippen molar-refractivity contribution >= 4 is 5.91 Å². The van der Waals surface area contributed by atoms with Crippen molar-refractivity contribution < 1.29 is 50.0 Å². The lowest BCUT2D eigenvalue weighted by molar-refractivity contribution is -0.303. The van der Waals surface area contributed by atoms with Crippen molar-refractivity contribution in [2.45, 2.75) is 326 Å². The molecule has 11 nitrogen and oxygen atoms in total. The van der Waals surface area contributed by atoms with Crippen LogP contribution in [0.5, 0.6) is 0 Å². The Morgan fingerprint density at radius 2 is 0.873 bits per heavy atom. The maximum absolute atomic E-state index is 13.2. The molecule has 0 aliphatic carbocycles. The van der Waals surface area contributed by atoms with Gasteiger partial charge in [0.25, 0.3) is 0 Å². The second-order valence-electron chi connectivity index (χ2n) is 21.1. The van der Waals surface area contributed by atoms with Crippen molar-refractivity contribution in [2.24, 2.45) is 0 Å². The number of hydrogen-bond donors (Lipinski definition) is 8. The molecule has 1 aliphatic rings. The van der Waals surface area contributed by atoms with E-state index in [2.05, 4.69) is 55.6 Å². The lowest BCUT2D eigenvalue weighted by Crippen LogP contribution is -2.60. The average Bonchev–Trinajstić information content (AvgIpc) is 3.37. The molecule has 1 saturated heterocycles. The number of aliphatic hydroxyl groups is 7. The predicted octanol–water partition coefficient (Wildman–Crippen LogP) is 12.7. The number of carbonyl (C=O) groups excluding carboxylic acids is 1. The first kappa shape index (κ1) is 67.3. The largest absolute Gasteiger partial charge is 0.394 e. The van der Waals surface area contributed by atoms with Crippen molar-refractivity contribution in [3.05, 3.63) is 36.5 Å². The topological polar surface area (TPSA) is 189 Å². The predicted molar refractivity (Wildman–Crippen MR) is 293 cm³/mol. The number of allylic oxidation sites excluding steroid dienone is 6. The fourth-order valence-electron chi connectivity index (χ4n) is 9.53. The van der Waals surface area contributed by atoms with Gasteiger partial charge in [-0.2, -0.15) is 0 Å². The zero-order valence-electron chi connectivity index (χ0n) is 45.7. The summed E-state index contributed by atoms with van der Waals surface area (Å²) in [5, 5.41) is 76.2. The second-order valence-corrected chi connectivity index (χ2v) is 21.1. The molecule has 11 heteroatoms. The molecule has 418 valence electrons. The van der Waals surface area contributed by atoms with E-state index in [1.165, 1.54) is 180 Å². The van der Waals surface area contributed by atoms with E-state index < -0.39 is 74.2 Å². The molecular weight excluding hydrogens is 895 g/mol. The summed E-state index contributed by atoms with van der Waals surface area (Å²) >= 11 is 0. The van der Waals surface area contributed by atoms with Crippen LogP contribution in [0.15, 0.2) is 36.5 Å². The van der Waals surface area contributed by atoms with Crippen LogP contribution in [-0.2, 0) is 14.3 Å². The van der Waals surface area contributed by atoms with Gasteiger partial charge in [0.2, 0.25) is 5.91 Å². The highest BCUT2D eigenvalue weighted by Crippen LogP contribution is 2.23. The Labute approximate surface area is 435 Å².